The summed E-state index contributed by atoms with van der Waals surface area (Å²) in [5.41, 5.74) is 6.47. The van der Waals surface area contributed by atoms with Crippen LogP contribution in [0.15, 0.2) is 12.3 Å². The van der Waals surface area contributed by atoms with Crippen molar-refractivity contribution in [2.75, 3.05) is 25.0 Å². The number of ether oxygens (including phenoxy) is 1. The molecule has 3 amide bonds. The van der Waals surface area contributed by atoms with Gasteiger partial charge in [-0.05, 0) is 41.5 Å². The Kier molecular flexibility index (Phi) is 6.97. The second-order valence-electron chi connectivity index (χ2n) is 6.98. The lowest BCUT2D eigenvalue weighted by molar-refractivity contribution is 0.0794. The quantitative estimate of drug-likeness (QED) is 0.432. The van der Waals surface area contributed by atoms with E-state index in [4.69, 9.17) is 15.6 Å². The molecule has 1 aliphatic rings. The highest BCUT2D eigenvalue weighted by atomic mass is 127. The molecule has 0 bridgehead atoms. The molecular formula is C19H23IN6O5. The Morgan fingerprint density at radius 3 is 2.65 bits per heavy atom. The third-order valence-electron chi connectivity index (χ3n) is 4.80. The zero-order valence-electron chi connectivity index (χ0n) is 17.1. The molecular weight excluding hydrogens is 519 g/mol. The van der Waals surface area contributed by atoms with Crippen molar-refractivity contribution in [3.63, 3.8) is 0 Å². The van der Waals surface area contributed by atoms with Gasteiger partial charge in [0.25, 0.3) is 11.8 Å². The molecule has 0 aromatic carbocycles. The van der Waals surface area contributed by atoms with Gasteiger partial charge in [-0.3, -0.25) is 14.3 Å². The summed E-state index contributed by atoms with van der Waals surface area (Å²) in [5.74, 6) is -1.10. The summed E-state index contributed by atoms with van der Waals surface area (Å²) >= 11 is 2.05. The average molecular weight is 542 g/mol. The van der Waals surface area contributed by atoms with E-state index in [1.807, 2.05) is 36.4 Å². The first kappa shape index (κ1) is 22.8. The monoisotopic (exact) mass is 542 g/mol. The lowest BCUT2D eigenvalue weighted by Gasteiger charge is -2.37. The zero-order valence-corrected chi connectivity index (χ0v) is 19.2. The minimum atomic E-state index is -1.02. The molecule has 0 spiro atoms. The third-order valence-corrected chi connectivity index (χ3v) is 5.39. The Balaban J connectivity index is 1.94. The van der Waals surface area contributed by atoms with Crippen LogP contribution in [0.5, 0.6) is 5.88 Å². The Morgan fingerprint density at radius 2 is 2.06 bits per heavy atom. The predicted molar refractivity (Wildman–Crippen MR) is 119 cm³/mol. The van der Waals surface area contributed by atoms with Crippen LogP contribution in [-0.2, 0) is 6.42 Å². The van der Waals surface area contributed by atoms with E-state index in [2.05, 4.69) is 15.4 Å². The first-order valence-electron chi connectivity index (χ1n) is 9.75. The Hall–Kier alpha value is -2.90. The Bertz CT molecular complexity index is 1020. The molecule has 1 fully saturated rings. The summed E-state index contributed by atoms with van der Waals surface area (Å²) in [7, 11) is 0. The average Bonchev–Trinajstić information content (AvgIpc) is 3.03. The SMILES string of the molecule is CCCOc1ncc(I)cc1C(=O)Nc1c(C(N)=O)nn(C2CN(C(=O)O)C2)c1CC. The second-order valence-corrected chi connectivity index (χ2v) is 8.23. The molecule has 1 saturated heterocycles. The summed E-state index contributed by atoms with van der Waals surface area (Å²) in [6.45, 7) is 4.68. The van der Waals surface area contributed by atoms with Gasteiger partial charge in [0.1, 0.15) is 5.56 Å². The van der Waals surface area contributed by atoms with Crippen LogP contribution in [0.25, 0.3) is 0 Å². The number of nitrogens with one attached hydrogen (secondary N) is 1. The number of likely N-dealkylation sites (tertiary alicyclic amines) is 1. The van der Waals surface area contributed by atoms with Gasteiger partial charge in [-0.2, -0.15) is 5.10 Å². The Labute approximate surface area is 192 Å². The van der Waals surface area contributed by atoms with Crippen LogP contribution in [0.1, 0.15) is 52.9 Å². The molecule has 1 aliphatic heterocycles. The van der Waals surface area contributed by atoms with E-state index in [1.54, 1.807) is 16.9 Å². The van der Waals surface area contributed by atoms with Crippen LogP contribution < -0.4 is 15.8 Å². The fraction of sp³-hybridized carbons (Fsp3) is 0.421. The number of primary amides is 1. The van der Waals surface area contributed by atoms with Gasteiger partial charge < -0.3 is 25.8 Å². The number of carbonyl (C=O) groups is 3. The Morgan fingerprint density at radius 1 is 1.35 bits per heavy atom. The number of nitrogens with two attached hydrogens (primary N) is 1. The molecule has 11 nitrogen and oxygen atoms in total. The van der Waals surface area contributed by atoms with Gasteiger partial charge in [-0.1, -0.05) is 13.8 Å². The molecule has 31 heavy (non-hydrogen) atoms. The number of hydrogen-bond donors (Lipinski definition) is 3. The van der Waals surface area contributed by atoms with Crippen molar-refractivity contribution in [3.05, 3.63) is 32.8 Å². The van der Waals surface area contributed by atoms with E-state index in [0.717, 1.165) is 9.99 Å². The predicted octanol–water partition coefficient (Wildman–Crippen LogP) is 2.12. The molecule has 0 saturated carbocycles. The zero-order chi connectivity index (χ0) is 22.7. The number of halogens is 1. The summed E-state index contributed by atoms with van der Waals surface area (Å²) in [4.78, 5) is 41.6. The minimum absolute atomic E-state index is 0.0754. The normalized spacial score (nSPS) is 13.6. The number of nitrogens with zero attached hydrogens (tertiary/aromatic N) is 4. The van der Waals surface area contributed by atoms with Gasteiger partial charge in [0.15, 0.2) is 5.69 Å². The third kappa shape index (κ3) is 4.73. The summed E-state index contributed by atoms with van der Waals surface area (Å²) < 4.78 is 7.92. The molecule has 3 rings (SSSR count). The maximum Gasteiger partial charge on any atom is 0.407 e. The van der Waals surface area contributed by atoms with Gasteiger partial charge in [0.05, 0.1) is 24.0 Å². The van der Waals surface area contributed by atoms with Gasteiger partial charge in [0.2, 0.25) is 5.88 Å². The highest BCUT2D eigenvalue weighted by molar-refractivity contribution is 14.1. The first-order chi connectivity index (χ1) is 14.8. The number of anilines is 1. The highest BCUT2D eigenvalue weighted by Crippen LogP contribution is 2.30. The second kappa shape index (κ2) is 9.49. The van der Waals surface area contributed by atoms with Crippen LogP contribution in [0.4, 0.5) is 10.5 Å². The largest absolute Gasteiger partial charge is 0.477 e. The van der Waals surface area contributed by atoms with Gasteiger partial charge in [-0.25, -0.2) is 9.78 Å². The first-order valence-corrected chi connectivity index (χ1v) is 10.8. The molecule has 3 heterocycles. The van der Waals surface area contributed by atoms with Crippen LogP contribution in [0.2, 0.25) is 0 Å². The van der Waals surface area contributed by atoms with Crippen molar-refractivity contribution >= 4 is 46.2 Å². The lowest BCUT2D eigenvalue weighted by Crippen LogP contribution is -2.50. The van der Waals surface area contributed by atoms with Crippen LogP contribution in [0, 0.1) is 3.57 Å². The smallest absolute Gasteiger partial charge is 0.407 e. The number of carbonyl (C=O) groups excluding carboxylic acids is 2. The van der Waals surface area contributed by atoms with Gasteiger partial charge in [-0.15, -0.1) is 0 Å². The highest BCUT2D eigenvalue weighted by Gasteiger charge is 2.36. The van der Waals surface area contributed by atoms with Crippen molar-refractivity contribution in [1.29, 1.82) is 0 Å². The van der Waals surface area contributed by atoms with Crippen molar-refractivity contribution in [2.24, 2.45) is 5.73 Å². The summed E-state index contributed by atoms with van der Waals surface area (Å²) in [5, 5.41) is 16.1. The topological polar surface area (TPSA) is 153 Å². The van der Waals surface area contributed by atoms with Crippen molar-refractivity contribution in [1.82, 2.24) is 19.7 Å². The molecule has 0 aliphatic carbocycles. The van der Waals surface area contributed by atoms with E-state index in [1.165, 1.54) is 4.90 Å². The number of pyridine rings is 1. The number of aromatic nitrogens is 3. The maximum absolute atomic E-state index is 13.1. The minimum Gasteiger partial charge on any atom is -0.477 e. The molecule has 2 aromatic heterocycles. The maximum atomic E-state index is 13.1. The van der Waals surface area contributed by atoms with E-state index >= 15 is 0 Å². The molecule has 4 N–H and O–H groups in total. The number of amides is 3. The van der Waals surface area contributed by atoms with Crippen LogP contribution in [-0.4, -0.2) is 62.4 Å². The van der Waals surface area contributed by atoms with E-state index in [0.29, 0.717) is 18.7 Å². The van der Waals surface area contributed by atoms with E-state index in [-0.39, 0.29) is 42.0 Å². The van der Waals surface area contributed by atoms with Crippen LogP contribution >= 0.6 is 22.6 Å². The van der Waals surface area contributed by atoms with Gasteiger partial charge >= 0.3 is 6.09 Å². The van der Waals surface area contributed by atoms with Crippen molar-refractivity contribution in [3.8, 4) is 5.88 Å². The molecule has 0 atom stereocenters. The summed E-state index contributed by atoms with van der Waals surface area (Å²) in [6.07, 6.45) is 1.78. The fourth-order valence-electron chi connectivity index (χ4n) is 3.26. The van der Waals surface area contributed by atoms with Crippen molar-refractivity contribution < 1.29 is 24.2 Å². The number of carboxylic acid groups (broad SMARTS) is 1. The van der Waals surface area contributed by atoms with Crippen LogP contribution in [0.3, 0.4) is 0 Å². The molecule has 12 heteroatoms. The molecule has 0 radical (unpaired) electrons. The summed E-state index contributed by atoms with van der Waals surface area (Å²) in [6, 6.07) is 1.41. The number of hydrogen-bond acceptors (Lipinski definition) is 6. The number of rotatable bonds is 8. The lowest BCUT2D eigenvalue weighted by atomic mass is 10.1. The molecule has 166 valence electrons. The van der Waals surface area contributed by atoms with Crippen molar-refractivity contribution in [2.45, 2.75) is 32.7 Å². The molecule has 2 aromatic rings. The van der Waals surface area contributed by atoms with E-state index in [9.17, 15) is 14.4 Å². The standard InChI is InChI=1S/C19H23IN6O5/c1-3-5-31-18-12(6-10(20)7-22-18)17(28)23-14-13(4-2)26(24-15(14)16(21)27)11-8-25(9-11)19(29)30/h6-7,11H,3-5,8-9H2,1-2H3,(H2,21,27)(H,23,28)(H,29,30). The van der Waals surface area contributed by atoms with E-state index < -0.39 is 17.9 Å². The molecule has 0 unspecified atom stereocenters. The fourth-order valence-corrected chi connectivity index (χ4v) is 3.71. The van der Waals surface area contributed by atoms with Gasteiger partial charge in [0, 0.05) is 22.9 Å².